The molecule has 0 amide bonds. The Balaban J connectivity index is 2.22. The number of hydrogen-bond donors (Lipinski definition) is 1. The highest BCUT2D eigenvalue weighted by atomic mass is 19.2. The number of nitrogens with zero attached hydrogens (tertiary/aromatic N) is 2. The van der Waals surface area contributed by atoms with Crippen LogP contribution in [0.1, 0.15) is 31.2 Å². The summed E-state index contributed by atoms with van der Waals surface area (Å²) in [4.78, 5) is 1.50. The fraction of sp³-hybridized carbons (Fsp3) is 0.500. The molecule has 5 heteroatoms. The average molecular weight is 266 g/mol. The van der Waals surface area contributed by atoms with E-state index in [1.807, 2.05) is 0 Å². The number of hydrogen-bond acceptors (Lipinski definition) is 3. The molecule has 3 nitrogen and oxygen atoms in total. The maximum absolute atomic E-state index is 13.8. The maximum Gasteiger partial charge on any atom is 0.183 e. The van der Waals surface area contributed by atoms with E-state index in [1.54, 1.807) is 13.1 Å². The van der Waals surface area contributed by atoms with Gasteiger partial charge in [0.1, 0.15) is 6.07 Å². The normalized spacial score (nSPS) is 17.2. The Hall–Kier alpha value is -1.67. The predicted octanol–water partition coefficient (Wildman–Crippen LogP) is 2.58. The van der Waals surface area contributed by atoms with Crippen LogP contribution in [0.2, 0.25) is 0 Å². The van der Waals surface area contributed by atoms with E-state index < -0.39 is 17.2 Å². The molecule has 1 saturated carbocycles. The molecule has 0 radical (unpaired) electrons. The average Bonchev–Trinajstić information content (AvgIpc) is 2.79. The predicted molar refractivity (Wildman–Crippen MR) is 67.8 cm³/mol. The van der Waals surface area contributed by atoms with Crippen molar-refractivity contribution in [2.45, 2.75) is 31.3 Å². The van der Waals surface area contributed by atoms with E-state index in [0.29, 0.717) is 12.8 Å². The second kappa shape index (κ2) is 5.14. The van der Waals surface area contributed by atoms with Crippen molar-refractivity contribution in [2.24, 2.45) is 0 Å². The second-order valence-electron chi connectivity index (χ2n) is 5.16. The molecule has 1 aromatic carbocycles. The van der Waals surface area contributed by atoms with Crippen LogP contribution >= 0.6 is 0 Å². The zero-order chi connectivity index (χ0) is 14.0. The molecule has 19 heavy (non-hydrogen) atoms. The van der Waals surface area contributed by atoms with Crippen LogP contribution in [0.15, 0.2) is 12.1 Å². The van der Waals surface area contributed by atoms with Crippen molar-refractivity contribution in [1.82, 2.24) is 0 Å². The number of aliphatic hydroxyl groups is 1. The van der Waals surface area contributed by atoms with Gasteiger partial charge in [0, 0.05) is 13.6 Å². The Morgan fingerprint density at radius 3 is 2.53 bits per heavy atom. The highest BCUT2D eigenvalue weighted by molar-refractivity contribution is 5.51. The highest BCUT2D eigenvalue weighted by Gasteiger charge is 2.33. The molecule has 0 spiro atoms. The van der Waals surface area contributed by atoms with Crippen molar-refractivity contribution in [1.29, 1.82) is 5.26 Å². The first-order valence-electron chi connectivity index (χ1n) is 6.28. The van der Waals surface area contributed by atoms with Gasteiger partial charge in [-0.3, -0.25) is 0 Å². The van der Waals surface area contributed by atoms with Crippen LogP contribution in [0.4, 0.5) is 14.5 Å². The third-order valence-corrected chi connectivity index (χ3v) is 3.66. The molecule has 0 atom stereocenters. The molecule has 0 aromatic heterocycles. The molecule has 0 unspecified atom stereocenters. The van der Waals surface area contributed by atoms with Crippen LogP contribution in [-0.4, -0.2) is 24.3 Å². The summed E-state index contributed by atoms with van der Waals surface area (Å²) in [5.74, 6) is -2.17. The number of anilines is 1. The molecule has 1 aromatic rings. The summed E-state index contributed by atoms with van der Waals surface area (Å²) in [5, 5.41) is 18.9. The second-order valence-corrected chi connectivity index (χ2v) is 5.16. The summed E-state index contributed by atoms with van der Waals surface area (Å²) >= 11 is 0. The van der Waals surface area contributed by atoms with Gasteiger partial charge >= 0.3 is 0 Å². The monoisotopic (exact) mass is 266 g/mol. The molecular weight excluding hydrogens is 250 g/mol. The van der Waals surface area contributed by atoms with E-state index in [1.165, 1.54) is 17.0 Å². The van der Waals surface area contributed by atoms with Crippen molar-refractivity contribution in [3.63, 3.8) is 0 Å². The molecule has 1 fully saturated rings. The fourth-order valence-corrected chi connectivity index (χ4v) is 2.64. The Morgan fingerprint density at radius 1 is 1.32 bits per heavy atom. The minimum atomic E-state index is -1.13. The van der Waals surface area contributed by atoms with Crippen LogP contribution in [0, 0.1) is 23.0 Å². The van der Waals surface area contributed by atoms with Gasteiger partial charge in [-0.15, -0.1) is 0 Å². The maximum atomic E-state index is 13.8. The zero-order valence-electron chi connectivity index (χ0n) is 10.8. The summed E-state index contributed by atoms with van der Waals surface area (Å²) in [5.41, 5.74) is -1.07. The molecule has 1 aliphatic carbocycles. The van der Waals surface area contributed by atoms with Gasteiger partial charge in [-0.05, 0) is 25.0 Å². The van der Waals surface area contributed by atoms with Gasteiger partial charge in [-0.25, -0.2) is 8.78 Å². The first kappa shape index (κ1) is 13.8. The molecule has 1 aliphatic rings. The van der Waals surface area contributed by atoms with Crippen molar-refractivity contribution in [3.8, 4) is 6.07 Å². The van der Waals surface area contributed by atoms with Crippen LogP contribution in [0.5, 0.6) is 0 Å². The topological polar surface area (TPSA) is 47.3 Å². The summed E-state index contributed by atoms with van der Waals surface area (Å²) < 4.78 is 27.4. The van der Waals surface area contributed by atoms with Crippen LogP contribution in [-0.2, 0) is 0 Å². The van der Waals surface area contributed by atoms with Gasteiger partial charge in [-0.2, -0.15) is 5.26 Å². The quantitative estimate of drug-likeness (QED) is 0.914. The Kier molecular flexibility index (Phi) is 3.72. The molecular formula is C14H16F2N2O. The SMILES string of the molecule is CN(CC1(O)CCCC1)c1ccc(C#N)c(F)c1F. The lowest BCUT2D eigenvalue weighted by Crippen LogP contribution is -2.39. The summed E-state index contributed by atoms with van der Waals surface area (Å²) in [7, 11) is 1.61. The molecule has 1 N–H and O–H groups in total. The number of nitriles is 1. The highest BCUT2D eigenvalue weighted by Crippen LogP contribution is 2.32. The van der Waals surface area contributed by atoms with Gasteiger partial charge in [0.2, 0.25) is 0 Å². The molecule has 102 valence electrons. The van der Waals surface area contributed by atoms with Gasteiger partial charge in [-0.1, -0.05) is 12.8 Å². The van der Waals surface area contributed by atoms with Crippen molar-refractivity contribution in [3.05, 3.63) is 29.3 Å². The van der Waals surface area contributed by atoms with Gasteiger partial charge in [0.25, 0.3) is 0 Å². The lowest BCUT2D eigenvalue weighted by molar-refractivity contribution is 0.0558. The minimum absolute atomic E-state index is 0.0665. The van der Waals surface area contributed by atoms with Crippen molar-refractivity contribution in [2.75, 3.05) is 18.5 Å². The standard InChI is InChI=1S/C14H16F2N2O/c1-18(9-14(19)6-2-3-7-14)11-5-4-10(8-17)12(15)13(11)16/h4-5,19H,2-3,6-7,9H2,1H3. The minimum Gasteiger partial charge on any atom is -0.388 e. The number of halogens is 2. The first-order valence-corrected chi connectivity index (χ1v) is 6.28. The number of likely N-dealkylation sites (N-methyl/N-ethyl adjacent to an activating group) is 1. The first-order chi connectivity index (χ1) is 8.97. The zero-order valence-corrected chi connectivity index (χ0v) is 10.8. The lowest BCUT2D eigenvalue weighted by Gasteiger charge is -2.30. The Morgan fingerprint density at radius 2 is 1.95 bits per heavy atom. The lowest BCUT2D eigenvalue weighted by atomic mass is 10.0. The van der Waals surface area contributed by atoms with E-state index in [-0.39, 0.29) is 17.8 Å². The third kappa shape index (κ3) is 2.69. The summed E-state index contributed by atoms with van der Waals surface area (Å²) in [6.07, 6.45) is 3.26. The fourth-order valence-electron chi connectivity index (χ4n) is 2.64. The van der Waals surface area contributed by atoms with Gasteiger partial charge in [0.05, 0.1) is 16.9 Å². The summed E-state index contributed by atoms with van der Waals surface area (Å²) in [6.45, 7) is 0.259. The smallest absolute Gasteiger partial charge is 0.183 e. The van der Waals surface area contributed by atoms with Crippen molar-refractivity contribution < 1.29 is 13.9 Å². The number of benzene rings is 1. The van der Waals surface area contributed by atoms with Gasteiger partial charge in [0.15, 0.2) is 11.6 Å². The largest absolute Gasteiger partial charge is 0.388 e. The van der Waals surface area contributed by atoms with Crippen molar-refractivity contribution >= 4 is 5.69 Å². The summed E-state index contributed by atoms with van der Waals surface area (Å²) in [6, 6.07) is 4.22. The van der Waals surface area contributed by atoms with Crippen LogP contribution in [0.25, 0.3) is 0 Å². The van der Waals surface area contributed by atoms with E-state index in [2.05, 4.69) is 0 Å². The van der Waals surface area contributed by atoms with Crippen LogP contribution < -0.4 is 4.90 Å². The molecule has 0 saturated heterocycles. The molecule has 0 bridgehead atoms. The molecule has 0 aliphatic heterocycles. The van der Waals surface area contributed by atoms with Gasteiger partial charge < -0.3 is 10.0 Å². The third-order valence-electron chi connectivity index (χ3n) is 3.66. The Labute approximate surface area is 111 Å². The van der Waals surface area contributed by atoms with E-state index in [4.69, 9.17) is 5.26 Å². The van der Waals surface area contributed by atoms with Crippen LogP contribution in [0.3, 0.4) is 0 Å². The molecule has 0 heterocycles. The van der Waals surface area contributed by atoms with E-state index in [9.17, 15) is 13.9 Å². The number of rotatable bonds is 3. The van der Waals surface area contributed by atoms with E-state index >= 15 is 0 Å². The van der Waals surface area contributed by atoms with E-state index in [0.717, 1.165) is 12.8 Å². The Bertz CT molecular complexity index is 519. The molecule has 2 rings (SSSR count).